The first kappa shape index (κ1) is 25.7. The number of ether oxygens (including phenoxy) is 2. The third-order valence-electron chi connectivity index (χ3n) is 6.45. The maximum Gasteiger partial charge on any atom is 0.203 e. The molecule has 168 valence electrons. The second kappa shape index (κ2) is 13.8. The molecule has 0 aliphatic heterocycles. The molecule has 2 saturated carbocycles. The molecule has 4 heteroatoms. The average molecular weight is 413 g/mol. The van der Waals surface area contributed by atoms with Crippen molar-refractivity contribution >= 4 is 0 Å². The lowest BCUT2D eigenvalue weighted by Crippen LogP contribution is -2.27. The predicted molar refractivity (Wildman–Crippen MR) is 118 cm³/mol. The maximum atomic E-state index is 13.9. The SMILES string of the molecule is C=C(OC)/C(F)=C(/F)C(=C)OCC1CCC(C2CCC(CC)CC2)CC1.CCC. The van der Waals surface area contributed by atoms with Gasteiger partial charge in [0.1, 0.15) is 0 Å². The molecule has 0 aromatic rings. The van der Waals surface area contributed by atoms with Crippen molar-refractivity contribution in [1.29, 1.82) is 0 Å². The van der Waals surface area contributed by atoms with Crippen molar-refractivity contribution in [3.8, 4) is 0 Å². The molecule has 2 rings (SSSR count). The van der Waals surface area contributed by atoms with Crippen LogP contribution in [0.4, 0.5) is 8.78 Å². The van der Waals surface area contributed by atoms with Crippen LogP contribution in [0.1, 0.15) is 85.0 Å². The van der Waals surface area contributed by atoms with Gasteiger partial charge in [-0.3, -0.25) is 0 Å². The van der Waals surface area contributed by atoms with Gasteiger partial charge in [0.15, 0.2) is 11.5 Å². The molecule has 0 unspecified atom stereocenters. The van der Waals surface area contributed by atoms with Crippen molar-refractivity contribution in [2.75, 3.05) is 13.7 Å². The van der Waals surface area contributed by atoms with Crippen molar-refractivity contribution in [3.63, 3.8) is 0 Å². The molecule has 0 spiro atoms. The molecule has 0 amide bonds. The average Bonchev–Trinajstić information content (AvgIpc) is 2.76. The van der Waals surface area contributed by atoms with E-state index in [1.54, 1.807) is 0 Å². The van der Waals surface area contributed by atoms with Gasteiger partial charge in [0.2, 0.25) is 11.7 Å². The number of hydrogen-bond donors (Lipinski definition) is 0. The highest BCUT2D eigenvalue weighted by molar-refractivity contribution is 5.29. The molecule has 0 N–H and O–H groups in total. The zero-order valence-corrected chi connectivity index (χ0v) is 19.1. The smallest absolute Gasteiger partial charge is 0.203 e. The largest absolute Gasteiger partial charge is 0.494 e. The van der Waals surface area contributed by atoms with Crippen molar-refractivity contribution in [2.45, 2.75) is 85.0 Å². The quantitative estimate of drug-likeness (QED) is 0.295. The van der Waals surface area contributed by atoms with Crippen LogP contribution in [0.15, 0.2) is 36.3 Å². The highest BCUT2D eigenvalue weighted by Crippen LogP contribution is 2.42. The molecule has 0 aromatic carbocycles. The molecule has 2 aliphatic rings. The normalized spacial score (nSPS) is 27.8. The van der Waals surface area contributed by atoms with Gasteiger partial charge < -0.3 is 9.47 Å². The van der Waals surface area contributed by atoms with Crippen LogP contribution in [-0.2, 0) is 9.47 Å². The van der Waals surface area contributed by atoms with E-state index in [-0.39, 0.29) is 11.5 Å². The van der Waals surface area contributed by atoms with Gasteiger partial charge in [-0.05, 0) is 62.2 Å². The van der Waals surface area contributed by atoms with E-state index >= 15 is 0 Å². The predicted octanol–water partition coefficient (Wildman–Crippen LogP) is 8.27. The van der Waals surface area contributed by atoms with Crippen LogP contribution in [-0.4, -0.2) is 13.7 Å². The van der Waals surface area contributed by atoms with E-state index in [0.29, 0.717) is 12.5 Å². The number of hydrogen-bond acceptors (Lipinski definition) is 2. The van der Waals surface area contributed by atoms with Gasteiger partial charge in [-0.15, -0.1) is 0 Å². The van der Waals surface area contributed by atoms with E-state index in [1.807, 2.05) is 0 Å². The zero-order chi connectivity index (χ0) is 21.8. The summed E-state index contributed by atoms with van der Waals surface area (Å²) in [5.74, 6) is 0.167. The van der Waals surface area contributed by atoms with Crippen LogP contribution in [0.5, 0.6) is 0 Å². The number of rotatable bonds is 8. The topological polar surface area (TPSA) is 18.5 Å². The van der Waals surface area contributed by atoms with Crippen LogP contribution in [0.2, 0.25) is 0 Å². The maximum absolute atomic E-state index is 13.9. The van der Waals surface area contributed by atoms with Crippen molar-refractivity contribution in [1.82, 2.24) is 0 Å². The molecule has 0 heterocycles. The molecule has 0 radical (unpaired) electrons. The Morgan fingerprint density at radius 3 is 1.59 bits per heavy atom. The van der Waals surface area contributed by atoms with Gasteiger partial charge in [0, 0.05) is 0 Å². The molecule has 2 nitrogen and oxygen atoms in total. The standard InChI is InChI=1S/C22H34F2O2.C3H8/c1-5-17-6-10-19(11-7-17)20-12-8-18(9-13-20)14-26-16(3)22(24)21(23)15(2)25-4;1-3-2/h17-20H,2-3,5-14H2,1,4H3;3H2,1-2H3/b22-21-;. The highest BCUT2D eigenvalue weighted by atomic mass is 19.2. The first-order valence-corrected chi connectivity index (χ1v) is 11.5. The van der Waals surface area contributed by atoms with Gasteiger partial charge in [-0.2, -0.15) is 8.78 Å². The number of methoxy groups -OCH3 is 1. The Hall–Kier alpha value is -1.32. The van der Waals surface area contributed by atoms with E-state index in [1.165, 1.54) is 58.5 Å². The molecular formula is C25H42F2O2. The first-order chi connectivity index (χ1) is 13.9. The summed E-state index contributed by atoms with van der Waals surface area (Å²) in [5, 5.41) is 0. The van der Waals surface area contributed by atoms with Crippen molar-refractivity contribution in [3.05, 3.63) is 36.3 Å². The Morgan fingerprint density at radius 2 is 1.17 bits per heavy atom. The Labute approximate surface area is 177 Å². The van der Waals surface area contributed by atoms with E-state index < -0.39 is 11.7 Å². The second-order valence-corrected chi connectivity index (χ2v) is 8.67. The molecule has 0 atom stereocenters. The number of halogens is 2. The fraction of sp³-hybridized carbons (Fsp3) is 0.760. The Bertz CT molecular complexity index is 525. The second-order valence-electron chi connectivity index (χ2n) is 8.67. The molecule has 0 aromatic heterocycles. The van der Waals surface area contributed by atoms with Crippen molar-refractivity contribution < 1.29 is 18.3 Å². The third-order valence-corrected chi connectivity index (χ3v) is 6.45. The first-order valence-electron chi connectivity index (χ1n) is 11.5. The Morgan fingerprint density at radius 1 is 0.759 bits per heavy atom. The summed E-state index contributed by atoms with van der Waals surface area (Å²) in [7, 11) is 1.24. The lowest BCUT2D eigenvalue weighted by Gasteiger charge is -2.37. The van der Waals surface area contributed by atoms with Gasteiger partial charge in [0.05, 0.1) is 13.7 Å². The van der Waals surface area contributed by atoms with Crippen molar-refractivity contribution in [2.24, 2.45) is 23.7 Å². The summed E-state index contributed by atoms with van der Waals surface area (Å²) in [6.07, 6.45) is 12.8. The minimum absolute atomic E-state index is 0.277. The van der Waals surface area contributed by atoms with Crippen LogP contribution in [0, 0.1) is 23.7 Å². The lowest BCUT2D eigenvalue weighted by molar-refractivity contribution is 0.0983. The van der Waals surface area contributed by atoms with Gasteiger partial charge >= 0.3 is 0 Å². The van der Waals surface area contributed by atoms with Gasteiger partial charge in [-0.1, -0.05) is 59.6 Å². The van der Waals surface area contributed by atoms with Crippen LogP contribution < -0.4 is 0 Å². The fourth-order valence-electron chi connectivity index (χ4n) is 4.51. The van der Waals surface area contributed by atoms with E-state index in [2.05, 4.69) is 38.7 Å². The van der Waals surface area contributed by atoms with E-state index in [9.17, 15) is 8.78 Å². The lowest BCUT2D eigenvalue weighted by atomic mass is 9.69. The van der Waals surface area contributed by atoms with Crippen LogP contribution in [0.3, 0.4) is 0 Å². The summed E-state index contributed by atoms with van der Waals surface area (Å²) in [6.45, 7) is 13.7. The van der Waals surface area contributed by atoms with Crippen LogP contribution >= 0.6 is 0 Å². The molecule has 2 aliphatic carbocycles. The Kier molecular flexibility index (Phi) is 12.3. The molecule has 0 bridgehead atoms. The monoisotopic (exact) mass is 412 g/mol. The summed E-state index contributed by atoms with van der Waals surface area (Å²) < 4.78 is 37.5. The van der Waals surface area contributed by atoms with Gasteiger partial charge in [-0.25, -0.2) is 0 Å². The van der Waals surface area contributed by atoms with E-state index in [0.717, 1.165) is 30.6 Å². The van der Waals surface area contributed by atoms with Crippen LogP contribution in [0.25, 0.3) is 0 Å². The zero-order valence-electron chi connectivity index (χ0n) is 19.1. The summed E-state index contributed by atoms with van der Waals surface area (Å²) >= 11 is 0. The highest BCUT2D eigenvalue weighted by Gasteiger charge is 2.30. The molecular weight excluding hydrogens is 370 g/mol. The molecule has 2 fully saturated rings. The molecule has 29 heavy (non-hydrogen) atoms. The molecule has 0 saturated heterocycles. The van der Waals surface area contributed by atoms with E-state index in [4.69, 9.17) is 4.74 Å². The minimum Gasteiger partial charge on any atom is -0.494 e. The number of allylic oxidation sites excluding steroid dienone is 2. The van der Waals surface area contributed by atoms with Gasteiger partial charge in [0.25, 0.3) is 0 Å². The third kappa shape index (κ3) is 8.52. The summed E-state index contributed by atoms with van der Waals surface area (Å²) in [4.78, 5) is 0. The summed E-state index contributed by atoms with van der Waals surface area (Å²) in [5.41, 5.74) is 0. The fourth-order valence-corrected chi connectivity index (χ4v) is 4.51. The summed E-state index contributed by atoms with van der Waals surface area (Å²) in [6, 6.07) is 0. The minimum atomic E-state index is -1.15. The Balaban J connectivity index is 0.00000132.